The maximum absolute atomic E-state index is 11.0. The Labute approximate surface area is 66.7 Å². The van der Waals surface area contributed by atoms with Crippen molar-refractivity contribution in [2.45, 2.75) is 26.7 Å². The van der Waals surface area contributed by atoms with E-state index >= 15 is 0 Å². The molecule has 0 spiro atoms. The molecule has 62 valence electrons. The van der Waals surface area contributed by atoms with Crippen LogP contribution in [0.15, 0.2) is 12.8 Å². The molecule has 0 aliphatic carbocycles. The zero-order valence-electron chi connectivity index (χ0n) is 6.96. The molecular weight excluding hydrogens is 142 g/mol. The number of amides is 2. The second kappa shape index (κ2) is 4.66. The zero-order valence-corrected chi connectivity index (χ0v) is 6.96. The van der Waals surface area contributed by atoms with Gasteiger partial charge in [0.15, 0.2) is 0 Å². The average Bonchev–Trinajstić information content (AvgIpc) is 2.05. The van der Waals surface area contributed by atoms with Crippen LogP contribution in [0.1, 0.15) is 26.7 Å². The Kier molecular flexibility index (Phi) is 4.18. The van der Waals surface area contributed by atoms with E-state index in [4.69, 9.17) is 0 Å². The number of imide groups is 1. The highest BCUT2D eigenvalue weighted by atomic mass is 16.2. The zero-order chi connectivity index (χ0) is 8.85. The van der Waals surface area contributed by atoms with Crippen molar-refractivity contribution in [1.82, 2.24) is 4.90 Å². The number of hydrogen-bond donors (Lipinski definition) is 0. The molecule has 0 fully saturated rings. The molecule has 3 nitrogen and oxygen atoms in total. The van der Waals surface area contributed by atoms with Crippen LogP contribution in [0, 0.1) is 0 Å². The lowest BCUT2D eigenvalue weighted by Crippen LogP contribution is -2.30. The van der Waals surface area contributed by atoms with Crippen molar-refractivity contribution in [3.05, 3.63) is 12.8 Å². The van der Waals surface area contributed by atoms with Crippen molar-refractivity contribution in [3.63, 3.8) is 0 Å². The minimum atomic E-state index is -0.202. The highest BCUT2D eigenvalue weighted by molar-refractivity contribution is 5.96. The lowest BCUT2D eigenvalue weighted by Gasteiger charge is -2.13. The van der Waals surface area contributed by atoms with Gasteiger partial charge < -0.3 is 0 Å². The SMILES string of the molecule is C=CN(C(=O)CC)C(=O)CC. The Morgan fingerprint density at radius 1 is 1.27 bits per heavy atom. The molecule has 0 radical (unpaired) electrons. The molecule has 0 atom stereocenters. The maximum Gasteiger partial charge on any atom is 0.232 e. The van der Waals surface area contributed by atoms with Crippen LogP contribution >= 0.6 is 0 Å². The van der Waals surface area contributed by atoms with Crippen LogP contribution < -0.4 is 0 Å². The third-order valence-corrected chi connectivity index (χ3v) is 1.32. The van der Waals surface area contributed by atoms with Crippen LogP contribution in [0.4, 0.5) is 0 Å². The van der Waals surface area contributed by atoms with Gasteiger partial charge in [0.05, 0.1) is 0 Å². The quantitative estimate of drug-likeness (QED) is 0.616. The van der Waals surface area contributed by atoms with E-state index in [1.165, 1.54) is 6.20 Å². The van der Waals surface area contributed by atoms with Crippen molar-refractivity contribution in [2.75, 3.05) is 0 Å². The molecule has 0 aromatic heterocycles. The van der Waals surface area contributed by atoms with Crippen molar-refractivity contribution in [1.29, 1.82) is 0 Å². The molecule has 3 heteroatoms. The first-order valence-corrected chi connectivity index (χ1v) is 3.64. The number of hydrogen-bond acceptors (Lipinski definition) is 2. The van der Waals surface area contributed by atoms with Crippen LogP contribution in [0.3, 0.4) is 0 Å². The van der Waals surface area contributed by atoms with Gasteiger partial charge in [-0.15, -0.1) is 0 Å². The van der Waals surface area contributed by atoms with E-state index in [1.54, 1.807) is 13.8 Å². The van der Waals surface area contributed by atoms with E-state index in [2.05, 4.69) is 6.58 Å². The lowest BCUT2D eigenvalue weighted by molar-refractivity contribution is -0.141. The fourth-order valence-electron chi connectivity index (χ4n) is 0.683. The Balaban J connectivity index is 4.27. The van der Waals surface area contributed by atoms with E-state index < -0.39 is 0 Å². The smallest absolute Gasteiger partial charge is 0.232 e. The van der Waals surface area contributed by atoms with Gasteiger partial charge >= 0.3 is 0 Å². The second-order valence-corrected chi connectivity index (χ2v) is 2.05. The molecule has 0 rings (SSSR count). The topological polar surface area (TPSA) is 37.4 Å². The molecular formula is C8H13NO2. The van der Waals surface area contributed by atoms with Crippen LogP contribution in [0.5, 0.6) is 0 Å². The summed E-state index contributed by atoms with van der Waals surface area (Å²) in [7, 11) is 0. The van der Waals surface area contributed by atoms with E-state index in [-0.39, 0.29) is 11.8 Å². The molecule has 0 aliphatic rings. The molecule has 0 saturated carbocycles. The molecule has 0 saturated heterocycles. The first-order chi connectivity index (χ1) is 5.17. The van der Waals surface area contributed by atoms with Crippen molar-refractivity contribution < 1.29 is 9.59 Å². The van der Waals surface area contributed by atoms with Gasteiger partial charge in [-0.05, 0) is 0 Å². The number of carbonyl (C=O) groups excluding carboxylic acids is 2. The van der Waals surface area contributed by atoms with Gasteiger partial charge in [-0.3, -0.25) is 14.5 Å². The molecule has 0 heterocycles. The third-order valence-electron chi connectivity index (χ3n) is 1.32. The summed E-state index contributed by atoms with van der Waals surface area (Å²) in [4.78, 5) is 23.0. The Bertz CT molecular complexity index is 159. The fraction of sp³-hybridized carbons (Fsp3) is 0.500. The summed E-state index contributed by atoms with van der Waals surface area (Å²) >= 11 is 0. The molecule has 0 aromatic rings. The van der Waals surface area contributed by atoms with Crippen LogP contribution in [-0.2, 0) is 9.59 Å². The number of rotatable bonds is 3. The molecule has 0 unspecified atom stereocenters. The van der Waals surface area contributed by atoms with E-state index in [9.17, 15) is 9.59 Å². The molecule has 0 bridgehead atoms. The predicted molar refractivity (Wildman–Crippen MR) is 42.6 cm³/mol. The van der Waals surface area contributed by atoms with Crippen LogP contribution in [-0.4, -0.2) is 16.7 Å². The first-order valence-electron chi connectivity index (χ1n) is 3.64. The van der Waals surface area contributed by atoms with Gasteiger partial charge in [0.1, 0.15) is 0 Å². The number of nitrogens with zero attached hydrogens (tertiary/aromatic N) is 1. The Hall–Kier alpha value is -1.12. The van der Waals surface area contributed by atoms with Crippen molar-refractivity contribution >= 4 is 11.8 Å². The Morgan fingerprint density at radius 3 is 1.82 bits per heavy atom. The molecule has 0 aromatic carbocycles. The van der Waals surface area contributed by atoms with Gasteiger partial charge in [0, 0.05) is 19.0 Å². The van der Waals surface area contributed by atoms with Crippen molar-refractivity contribution in [2.24, 2.45) is 0 Å². The third kappa shape index (κ3) is 2.53. The summed E-state index contributed by atoms with van der Waals surface area (Å²) in [5, 5.41) is 0. The first kappa shape index (κ1) is 9.88. The summed E-state index contributed by atoms with van der Waals surface area (Å²) < 4.78 is 0. The van der Waals surface area contributed by atoms with Crippen LogP contribution in [0.25, 0.3) is 0 Å². The molecule has 0 aliphatic heterocycles. The number of carbonyl (C=O) groups is 2. The van der Waals surface area contributed by atoms with Gasteiger partial charge in [-0.1, -0.05) is 20.4 Å². The summed E-state index contributed by atoms with van der Waals surface area (Å²) in [5.74, 6) is -0.404. The largest absolute Gasteiger partial charge is 0.274 e. The summed E-state index contributed by atoms with van der Waals surface area (Å²) in [6.07, 6.45) is 1.92. The average molecular weight is 155 g/mol. The summed E-state index contributed by atoms with van der Waals surface area (Å²) in [6.45, 7) is 6.80. The van der Waals surface area contributed by atoms with E-state index in [1.807, 2.05) is 0 Å². The van der Waals surface area contributed by atoms with E-state index in [0.717, 1.165) is 4.90 Å². The second-order valence-electron chi connectivity index (χ2n) is 2.05. The molecule has 11 heavy (non-hydrogen) atoms. The van der Waals surface area contributed by atoms with Gasteiger partial charge in [-0.2, -0.15) is 0 Å². The maximum atomic E-state index is 11.0. The molecule has 0 N–H and O–H groups in total. The van der Waals surface area contributed by atoms with Gasteiger partial charge in [0.2, 0.25) is 11.8 Å². The highest BCUT2D eigenvalue weighted by Gasteiger charge is 2.13. The lowest BCUT2D eigenvalue weighted by atomic mass is 10.3. The monoisotopic (exact) mass is 155 g/mol. The highest BCUT2D eigenvalue weighted by Crippen LogP contribution is 1.97. The van der Waals surface area contributed by atoms with Gasteiger partial charge in [-0.25, -0.2) is 0 Å². The summed E-state index contributed by atoms with van der Waals surface area (Å²) in [5.41, 5.74) is 0. The standard InChI is InChI=1S/C8H13NO2/c1-4-7(10)9(6-3)8(11)5-2/h6H,3-5H2,1-2H3. The summed E-state index contributed by atoms with van der Waals surface area (Å²) in [6, 6.07) is 0. The minimum absolute atomic E-state index is 0.202. The van der Waals surface area contributed by atoms with Crippen LogP contribution in [0.2, 0.25) is 0 Å². The minimum Gasteiger partial charge on any atom is -0.274 e. The normalized spacial score (nSPS) is 8.91. The van der Waals surface area contributed by atoms with Gasteiger partial charge in [0.25, 0.3) is 0 Å². The fourth-order valence-corrected chi connectivity index (χ4v) is 0.683. The van der Waals surface area contributed by atoms with Crippen molar-refractivity contribution in [3.8, 4) is 0 Å². The Morgan fingerprint density at radius 2 is 1.64 bits per heavy atom. The van der Waals surface area contributed by atoms with E-state index in [0.29, 0.717) is 12.8 Å². The molecule has 2 amide bonds. The predicted octanol–water partition coefficient (Wildman–Crippen LogP) is 1.31.